The minimum absolute atomic E-state index is 0.00663. The van der Waals surface area contributed by atoms with Crippen LogP contribution in [0.1, 0.15) is 39.7 Å². The van der Waals surface area contributed by atoms with Crippen molar-refractivity contribution in [2.75, 3.05) is 0 Å². The topological polar surface area (TPSA) is 38.3 Å². The van der Waals surface area contributed by atoms with Crippen LogP contribution in [0.15, 0.2) is 30.3 Å². The van der Waals surface area contributed by atoms with Crippen LogP contribution in [0, 0.1) is 5.92 Å². The number of carbonyl (C=O) groups is 1. The van der Waals surface area contributed by atoms with Crippen LogP contribution in [-0.2, 0) is 15.6 Å². The lowest BCUT2D eigenvalue weighted by molar-refractivity contribution is -0.140. The van der Waals surface area contributed by atoms with E-state index in [2.05, 4.69) is 70.4 Å². The molecule has 1 fully saturated rings. The van der Waals surface area contributed by atoms with E-state index in [4.69, 9.17) is 4.43 Å². The summed E-state index contributed by atoms with van der Waals surface area (Å²) in [4.78, 5) is 12.1. The summed E-state index contributed by atoms with van der Waals surface area (Å²) >= 11 is 0. The molecule has 0 radical (unpaired) electrons. The van der Waals surface area contributed by atoms with Gasteiger partial charge in [-0.25, -0.2) is 0 Å². The molecule has 23 heavy (non-hydrogen) atoms. The number of β-lactam (4-membered cyclic amide) rings is 1. The molecule has 2 rings (SSSR count). The van der Waals surface area contributed by atoms with Gasteiger partial charge in [0, 0.05) is 6.04 Å². The first kappa shape index (κ1) is 18.2. The molecule has 0 aromatic heterocycles. The van der Waals surface area contributed by atoms with Crippen LogP contribution < -0.4 is 5.32 Å². The van der Waals surface area contributed by atoms with Gasteiger partial charge in [0.05, 0.1) is 12.0 Å². The average molecular weight is 334 g/mol. The van der Waals surface area contributed by atoms with Gasteiger partial charge in [0.1, 0.15) is 0 Å². The predicted octanol–water partition coefficient (Wildman–Crippen LogP) is 4.14. The second kappa shape index (κ2) is 6.77. The maximum atomic E-state index is 12.1. The molecule has 1 aromatic carbocycles. The van der Waals surface area contributed by atoms with E-state index in [-0.39, 0.29) is 29.0 Å². The highest BCUT2D eigenvalue weighted by Crippen LogP contribution is 2.39. The molecule has 1 heterocycles. The van der Waals surface area contributed by atoms with Gasteiger partial charge in [0.15, 0.2) is 8.32 Å². The quantitative estimate of drug-likeness (QED) is 0.627. The van der Waals surface area contributed by atoms with Crippen LogP contribution in [0.3, 0.4) is 0 Å². The Morgan fingerprint density at radius 2 is 1.83 bits per heavy atom. The van der Waals surface area contributed by atoms with E-state index < -0.39 is 8.32 Å². The molecule has 1 amide bonds. The maximum Gasteiger partial charge on any atom is 0.228 e. The zero-order valence-corrected chi connectivity index (χ0v) is 16.3. The number of hydrogen-bond acceptors (Lipinski definition) is 2. The monoisotopic (exact) mass is 333 g/mol. The highest BCUT2D eigenvalue weighted by molar-refractivity contribution is 6.74. The first-order valence-corrected chi connectivity index (χ1v) is 11.5. The van der Waals surface area contributed by atoms with Gasteiger partial charge in [0.25, 0.3) is 0 Å². The van der Waals surface area contributed by atoms with E-state index in [1.54, 1.807) is 0 Å². The van der Waals surface area contributed by atoms with E-state index in [0.717, 1.165) is 12.8 Å². The SMILES string of the molecule is C[C@@H](O[Si](C)(C)C(C)(C)C)[C@H]1C(=O)N[C@@H]1CCc1ccccc1. The van der Waals surface area contributed by atoms with Crippen molar-refractivity contribution >= 4 is 14.2 Å². The molecule has 0 bridgehead atoms. The van der Waals surface area contributed by atoms with Gasteiger partial charge in [-0.2, -0.15) is 0 Å². The Kier molecular flexibility index (Phi) is 5.36. The highest BCUT2D eigenvalue weighted by atomic mass is 28.4. The summed E-state index contributed by atoms with van der Waals surface area (Å²) in [7, 11) is -1.84. The zero-order chi connectivity index (χ0) is 17.3. The van der Waals surface area contributed by atoms with Crippen LogP contribution in [0.2, 0.25) is 18.1 Å². The molecule has 0 unspecified atom stereocenters. The van der Waals surface area contributed by atoms with Gasteiger partial charge in [-0.15, -0.1) is 0 Å². The van der Waals surface area contributed by atoms with Crippen LogP contribution in [0.4, 0.5) is 0 Å². The Hall–Kier alpha value is -1.13. The van der Waals surface area contributed by atoms with Crippen molar-refractivity contribution in [2.24, 2.45) is 5.92 Å². The molecule has 4 heteroatoms. The number of hydrogen-bond donors (Lipinski definition) is 1. The van der Waals surface area contributed by atoms with Crippen molar-refractivity contribution in [2.45, 2.75) is 70.8 Å². The van der Waals surface area contributed by atoms with E-state index in [1.165, 1.54) is 5.56 Å². The van der Waals surface area contributed by atoms with Crippen molar-refractivity contribution < 1.29 is 9.22 Å². The lowest BCUT2D eigenvalue weighted by atomic mass is 9.83. The third-order valence-electron chi connectivity index (χ3n) is 5.44. The summed E-state index contributed by atoms with van der Waals surface area (Å²) in [6.45, 7) is 13.3. The van der Waals surface area contributed by atoms with Crippen molar-refractivity contribution in [1.82, 2.24) is 5.32 Å². The number of rotatable bonds is 6. The molecule has 3 nitrogen and oxygen atoms in total. The predicted molar refractivity (Wildman–Crippen MR) is 97.9 cm³/mol. The van der Waals surface area contributed by atoms with Gasteiger partial charge >= 0.3 is 0 Å². The molecule has 0 saturated carbocycles. The number of benzene rings is 1. The third kappa shape index (κ3) is 4.24. The zero-order valence-electron chi connectivity index (χ0n) is 15.3. The van der Waals surface area contributed by atoms with Gasteiger partial charge in [0.2, 0.25) is 5.91 Å². The van der Waals surface area contributed by atoms with Crippen molar-refractivity contribution in [3.63, 3.8) is 0 Å². The number of amides is 1. The molecule has 1 aromatic rings. The second-order valence-corrected chi connectivity index (χ2v) is 13.0. The van der Waals surface area contributed by atoms with Gasteiger partial charge in [-0.1, -0.05) is 51.1 Å². The molecule has 1 aliphatic rings. The standard InChI is InChI=1S/C19H31NO2Si/c1-14(22-23(5,6)19(2,3)4)17-16(20-18(17)21)13-12-15-10-8-7-9-11-15/h7-11,14,16-17H,12-13H2,1-6H3,(H,20,21)/t14-,16-,17-/m1/s1. The molecule has 1 N–H and O–H groups in total. The van der Waals surface area contributed by atoms with Crippen LogP contribution in [0.5, 0.6) is 0 Å². The van der Waals surface area contributed by atoms with Crippen LogP contribution in [0.25, 0.3) is 0 Å². The highest BCUT2D eigenvalue weighted by Gasteiger charge is 2.46. The lowest BCUT2D eigenvalue weighted by Crippen LogP contribution is -2.63. The summed E-state index contributed by atoms with van der Waals surface area (Å²) in [5.41, 5.74) is 1.32. The Labute approximate surface area is 141 Å². The van der Waals surface area contributed by atoms with Crippen molar-refractivity contribution in [3.8, 4) is 0 Å². The summed E-state index contributed by atoms with van der Waals surface area (Å²) in [6.07, 6.45) is 1.96. The minimum atomic E-state index is -1.84. The molecule has 1 saturated heterocycles. The number of aryl methyl sites for hydroxylation is 1. The second-order valence-electron chi connectivity index (χ2n) is 8.25. The van der Waals surface area contributed by atoms with Gasteiger partial charge in [-0.3, -0.25) is 4.79 Å². The number of carbonyl (C=O) groups excluding carboxylic acids is 1. The van der Waals surface area contributed by atoms with Crippen molar-refractivity contribution in [1.29, 1.82) is 0 Å². The van der Waals surface area contributed by atoms with Gasteiger partial charge < -0.3 is 9.74 Å². The first-order valence-electron chi connectivity index (χ1n) is 8.64. The van der Waals surface area contributed by atoms with E-state index in [1.807, 2.05) is 6.07 Å². The minimum Gasteiger partial charge on any atom is -0.413 e. The summed E-state index contributed by atoms with van der Waals surface area (Å²) < 4.78 is 6.44. The van der Waals surface area contributed by atoms with E-state index in [9.17, 15) is 4.79 Å². The van der Waals surface area contributed by atoms with Crippen molar-refractivity contribution in [3.05, 3.63) is 35.9 Å². The fourth-order valence-corrected chi connectivity index (χ4v) is 4.36. The molecule has 0 spiro atoms. The maximum absolute atomic E-state index is 12.1. The van der Waals surface area contributed by atoms with E-state index >= 15 is 0 Å². The summed E-state index contributed by atoms with van der Waals surface area (Å²) in [5.74, 6) is 0.141. The Bertz CT molecular complexity index is 536. The Balaban J connectivity index is 1.93. The summed E-state index contributed by atoms with van der Waals surface area (Å²) in [5, 5.41) is 3.23. The first-order chi connectivity index (χ1) is 10.6. The fraction of sp³-hybridized carbons (Fsp3) is 0.632. The summed E-state index contributed by atoms with van der Waals surface area (Å²) in [6, 6.07) is 10.7. The van der Waals surface area contributed by atoms with Crippen LogP contribution in [-0.4, -0.2) is 26.4 Å². The molecular formula is C19H31NO2Si. The third-order valence-corrected chi connectivity index (χ3v) is 10.0. The fourth-order valence-electron chi connectivity index (χ4n) is 2.93. The molecule has 1 aliphatic heterocycles. The lowest BCUT2D eigenvalue weighted by Gasteiger charge is -2.45. The molecule has 0 aliphatic carbocycles. The Morgan fingerprint density at radius 3 is 2.35 bits per heavy atom. The smallest absolute Gasteiger partial charge is 0.228 e. The number of nitrogens with one attached hydrogen (secondary N) is 1. The van der Waals surface area contributed by atoms with Crippen LogP contribution >= 0.6 is 0 Å². The average Bonchev–Trinajstić information content (AvgIpc) is 2.42. The van der Waals surface area contributed by atoms with E-state index in [0.29, 0.717) is 0 Å². The molecule has 3 atom stereocenters. The Morgan fingerprint density at radius 1 is 1.22 bits per heavy atom. The normalized spacial score (nSPS) is 23.1. The van der Waals surface area contributed by atoms with Gasteiger partial charge in [-0.05, 0) is 43.5 Å². The molecule has 128 valence electrons. The molecular weight excluding hydrogens is 302 g/mol. The largest absolute Gasteiger partial charge is 0.413 e.